The van der Waals surface area contributed by atoms with E-state index in [9.17, 15) is 28.8 Å². The van der Waals surface area contributed by atoms with Gasteiger partial charge < -0.3 is 18.9 Å². The number of ether oxygens (including phenoxy) is 4. The smallest absolute Gasteiger partial charge is 0.411 e. The van der Waals surface area contributed by atoms with E-state index in [0.717, 1.165) is 16.5 Å². The summed E-state index contributed by atoms with van der Waals surface area (Å²) in [6, 6.07) is 14.1. The maximum Gasteiger partial charge on any atom is 0.411 e. The minimum absolute atomic E-state index is 0.0712. The van der Waals surface area contributed by atoms with Crippen molar-refractivity contribution in [2.45, 2.75) is 91.5 Å². The number of benzene rings is 2. The molecule has 2 unspecified atom stereocenters. The van der Waals surface area contributed by atoms with Gasteiger partial charge in [-0.15, -0.1) is 0 Å². The molecule has 0 aliphatic carbocycles. The van der Waals surface area contributed by atoms with Crippen LogP contribution in [0.5, 0.6) is 0 Å². The van der Waals surface area contributed by atoms with E-state index in [1.165, 1.54) is 9.80 Å². The lowest BCUT2D eigenvalue weighted by Gasteiger charge is -2.27. The minimum atomic E-state index is -0.834. The third-order valence-electron chi connectivity index (χ3n) is 9.03. The molecule has 0 saturated carbocycles. The molecule has 4 atom stereocenters. The van der Waals surface area contributed by atoms with Crippen LogP contribution in [-0.2, 0) is 28.5 Å². The van der Waals surface area contributed by atoms with Gasteiger partial charge in [-0.25, -0.2) is 24.2 Å². The molecule has 0 spiro atoms. The SMILES string of the molecule is CC1CC(C(=O)OCC(=O)c2ccc3cc(-c4ccc(C(=O)COC(=O)[C@@H]5C[C@H](C)CN5C(=O)OC(C)(C)C)cc4)ccc3n2)N(C(=O)OC(C)(C)C)C1. The van der Waals surface area contributed by atoms with Gasteiger partial charge >= 0.3 is 24.1 Å². The lowest BCUT2D eigenvalue weighted by Crippen LogP contribution is -2.44. The highest BCUT2D eigenvalue weighted by molar-refractivity contribution is 6.00. The van der Waals surface area contributed by atoms with E-state index in [-0.39, 0.29) is 23.3 Å². The Balaban J connectivity index is 1.16. The lowest BCUT2D eigenvalue weighted by atomic mass is 10.0. The average Bonchev–Trinajstić information content (AvgIpc) is 3.70. The normalized spacial score (nSPS) is 20.1. The van der Waals surface area contributed by atoms with Crippen LogP contribution in [-0.4, -0.2) is 100 Å². The Hall–Kier alpha value is -5.33. The van der Waals surface area contributed by atoms with Crippen molar-refractivity contribution in [1.29, 1.82) is 0 Å². The zero-order chi connectivity index (χ0) is 39.5. The summed E-state index contributed by atoms with van der Waals surface area (Å²) in [5.74, 6) is -2.01. The van der Waals surface area contributed by atoms with E-state index in [2.05, 4.69) is 4.98 Å². The number of hydrogen-bond acceptors (Lipinski definition) is 11. The number of hydrogen-bond donors (Lipinski definition) is 0. The van der Waals surface area contributed by atoms with Gasteiger partial charge in [-0.3, -0.25) is 19.4 Å². The zero-order valence-corrected chi connectivity index (χ0v) is 32.2. The Morgan fingerprint density at radius 1 is 0.648 bits per heavy atom. The number of carbonyl (C=O) groups excluding carboxylic acids is 6. The van der Waals surface area contributed by atoms with Gasteiger partial charge in [0.05, 0.1) is 5.52 Å². The van der Waals surface area contributed by atoms with Gasteiger partial charge in [-0.05, 0) is 95.5 Å². The van der Waals surface area contributed by atoms with Crippen LogP contribution in [0.4, 0.5) is 9.59 Å². The molecule has 2 aliphatic rings. The Morgan fingerprint density at radius 2 is 1.13 bits per heavy atom. The molecule has 0 radical (unpaired) electrons. The molecule has 1 aromatic heterocycles. The molecule has 54 heavy (non-hydrogen) atoms. The Kier molecular flexibility index (Phi) is 11.8. The van der Waals surface area contributed by atoms with E-state index in [4.69, 9.17) is 18.9 Å². The standard InChI is InChI=1S/C41H49N3O10/c1-24-17-32(43(20-24)38(49)53-40(3,4)5)36(47)51-22-34(45)27-11-9-26(10-12-27)28-13-15-30-29(19-28)14-16-31(42-30)35(46)23-52-37(48)33-18-25(2)21-44(33)39(50)54-41(6,7)8/h9-16,19,24-25,32-33H,17-18,20-23H2,1-8H3/t24-,25?,32-,33?/m0/s1. The molecule has 3 aromatic rings. The second-order valence-electron chi connectivity index (χ2n) is 16.2. The Morgan fingerprint density at radius 3 is 1.63 bits per heavy atom. The van der Waals surface area contributed by atoms with E-state index in [1.807, 2.05) is 26.0 Å². The number of amides is 2. The van der Waals surface area contributed by atoms with Crippen LogP contribution in [0.2, 0.25) is 0 Å². The van der Waals surface area contributed by atoms with E-state index in [1.54, 1.807) is 84.0 Å². The summed E-state index contributed by atoms with van der Waals surface area (Å²) in [5.41, 5.74) is 1.31. The van der Waals surface area contributed by atoms with Crippen LogP contribution in [0.15, 0.2) is 54.6 Å². The molecular formula is C41H49N3O10. The largest absolute Gasteiger partial charge is 0.456 e. The van der Waals surface area contributed by atoms with Gasteiger partial charge in [-0.1, -0.05) is 50.2 Å². The van der Waals surface area contributed by atoms with Gasteiger partial charge in [0.1, 0.15) is 29.0 Å². The fourth-order valence-corrected chi connectivity index (χ4v) is 6.52. The second kappa shape index (κ2) is 16.0. The van der Waals surface area contributed by atoms with Crippen molar-refractivity contribution in [2.24, 2.45) is 11.8 Å². The first-order valence-corrected chi connectivity index (χ1v) is 18.2. The summed E-state index contributed by atoms with van der Waals surface area (Å²) in [6.45, 7) is 14.1. The van der Waals surface area contributed by atoms with Gasteiger partial charge in [0.25, 0.3) is 0 Å². The molecule has 0 bridgehead atoms. The number of pyridine rings is 1. The monoisotopic (exact) mass is 743 g/mol. The third-order valence-corrected chi connectivity index (χ3v) is 9.03. The Labute approximate surface area is 315 Å². The zero-order valence-electron chi connectivity index (χ0n) is 32.2. The number of fused-ring (bicyclic) bond motifs is 1. The fourth-order valence-electron chi connectivity index (χ4n) is 6.52. The number of likely N-dealkylation sites (tertiary alicyclic amines) is 2. The molecular weight excluding hydrogens is 694 g/mol. The molecule has 13 nitrogen and oxygen atoms in total. The van der Waals surface area contributed by atoms with Crippen molar-refractivity contribution in [1.82, 2.24) is 14.8 Å². The Bertz CT molecular complexity index is 1930. The summed E-state index contributed by atoms with van der Waals surface area (Å²) < 4.78 is 21.6. The van der Waals surface area contributed by atoms with Crippen molar-refractivity contribution in [3.8, 4) is 11.1 Å². The molecule has 2 saturated heterocycles. The summed E-state index contributed by atoms with van der Waals surface area (Å²) >= 11 is 0. The van der Waals surface area contributed by atoms with Crippen molar-refractivity contribution in [2.75, 3.05) is 26.3 Å². The van der Waals surface area contributed by atoms with Crippen molar-refractivity contribution < 1.29 is 47.7 Å². The predicted octanol–water partition coefficient (Wildman–Crippen LogP) is 6.64. The number of ketones is 2. The molecule has 2 fully saturated rings. The molecule has 2 aromatic carbocycles. The van der Waals surface area contributed by atoms with Crippen LogP contribution < -0.4 is 0 Å². The lowest BCUT2D eigenvalue weighted by molar-refractivity contribution is -0.148. The van der Waals surface area contributed by atoms with Crippen LogP contribution >= 0.6 is 0 Å². The van der Waals surface area contributed by atoms with E-state index < -0.39 is 66.4 Å². The number of rotatable bonds is 9. The van der Waals surface area contributed by atoms with Gasteiger partial charge in [-0.2, -0.15) is 0 Å². The summed E-state index contributed by atoms with van der Waals surface area (Å²) in [6.07, 6.45) is -0.346. The number of Topliss-reactive ketones (excluding diaryl/α,β-unsaturated/α-hetero) is 2. The first kappa shape index (κ1) is 39.9. The maximum absolute atomic E-state index is 13.0. The number of nitrogens with zero attached hydrogens (tertiary/aromatic N) is 3. The van der Waals surface area contributed by atoms with Gasteiger partial charge in [0, 0.05) is 24.0 Å². The molecule has 2 amide bonds. The van der Waals surface area contributed by atoms with Crippen LogP contribution in [0.3, 0.4) is 0 Å². The first-order chi connectivity index (χ1) is 25.3. The van der Waals surface area contributed by atoms with Gasteiger partial charge in [0.2, 0.25) is 5.78 Å². The van der Waals surface area contributed by atoms with Crippen molar-refractivity contribution >= 4 is 46.6 Å². The maximum atomic E-state index is 13.0. The molecule has 13 heteroatoms. The fraction of sp³-hybridized carbons (Fsp3) is 0.488. The number of carbonyl (C=O) groups is 6. The van der Waals surface area contributed by atoms with E-state index in [0.29, 0.717) is 37.0 Å². The van der Waals surface area contributed by atoms with Crippen molar-refractivity contribution in [3.63, 3.8) is 0 Å². The molecule has 2 aliphatic heterocycles. The predicted molar refractivity (Wildman–Crippen MR) is 199 cm³/mol. The van der Waals surface area contributed by atoms with Crippen LogP contribution in [0, 0.1) is 11.8 Å². The highest BCUT2D eigenvalue weighted by atomic mass is 16.6. The number of aromatic nitrogens is 1. The summed E-state index contributed by atoms with van der Waals surface area (Å²) in [5, 5.41) is 0.766. The van der Waals surface area contributed by atoms with E-state index >= 15 is 0 Å². The third kappa shape index (κ3) is 10.00. The molecule has 0 N–H and O–H groups in total. The molecule has 288 valence electrons. The molecule has 3 heterocycles. The minimum Gasteiger partial charge on any atom is -0.456 e. The van der Waals surface area contributed by atoms with Crippen LogP contribution in [0.1, 0.15) is 89.1 Å². The highest BCUT2D eigenvalue weighted by Crippen LogP contribution is 2.29. The topological polar surface area (TPSA) is 159 Å². The van der Waals surface area contributed by atoms with Gasteiger partial charge in [0.15, 0.2) is 19.0 Å². The second-order valence-corrected chi connectivity index (χ2v) is 16.2. The molecule has 5 rings (SSSR count). The summed E-state index contributed by atoms with van der Waals surface area (Å²) in [7, 11) is 0. The first-order valence-electron chi connectivity index (χ1n) is 18.2. The summed E-state index contributed by atoms with van der Waals surface area (Å²) in [4.78, 5) is 84.3. The highest BCUT2D eigenvalue weighted by Gasteiger charge is 2.42. The van der Waals surface area contributed by atoms with Crippen molar-refractivity contribution in [3.05, 3.63) is 65.9 Å². The quantitative estimate of drug-likeness (QED) is 0.131. The number of esters is 2. The van der Waals surface area contributed by atoms with Crippen LogP contribution in [0.25, 0.3) is 22.0 Å². The average molecular weight is 744 g/mol.